The summed E-state index contributed by atoms with van der Waals surface area (Å²) in [6.45, 7) is 3.65. The van der Waals surface area contributed by atoms with Crippen molar-refractivity contribution < 1.29 is 9.59 Å². The molecule has 0 unspecified atom stereocenters. The molecule has 122 valence electrons. The molecule has 2 aromatic rings. The van der Waals surface area contributed by atoms with Crippen LogP contribution in [0.25, 0.3) is 0 Å². The molecule has 0 aliphatic rings. The second kappa shape index (κ2) is 7.93. The molecule has 2 rings (SSSR count). The highest BCUT2D eigenvalue weighted by Crippen LogP contribution is 2.17. The smallest absolute Gasteiger partial charge is 0.226 e. The van der Waals surface area contributed by atoms with Crippen LogP contribution in [-0.2, 0) is 9.59 Å². The van der Waals surface area contributed by atoms with E-state index in [1.807, 2.05) is 37.3 Å². The number of hydrogen-bond acceptors (Lipinski definition) is 3. The summed E-state index contributed by atoms with van der Waals surface area (Å²) < 4.78 is 0. The maximum atomic E-state index is 12.1. The number of nitriles is 1. The predicted octanol–water partition coefficient (Wildman–Crippen LogP) is 3.25. The van der Waals surface area contributed by atoms with Gasteiger partial charge in [-0.3, -0.25) is 9.59 Å². The topological polar surface area (TPSA) is 73.2 Å². The van der Waals surface area contributed by atoms with Gasteiger partial charge in [-0.15, -0.1) is 0 Å². The largest absolute Gasteiger partial charge is 0.326 e. The molecule has 0 spiro atoms. The van der Waals surface area contributed by atoms with Gasteiger partial charge in [0.1, 0.15) is 0 Å². The van der Waals surface area contributed by atoms with Crippen molar-refractivity contribution in [2.24, 2.45) is 0 Å². The van der Waals surface area contributed by atoms with E-state index in [2.05, 4.69) is 5.32 Å². The Morgan fingerprint density at radius 2 is 1.92 bits per heavy atom. The normalized spacial score (nSPS) is 9.88. The molecule has 0 atom stereocenters. The number of aryl methyl sites for hydroxylation is 1. The zero-order chi connectivity index (χ0) is 17.5. The Labute approximate surface area is 141 Å². The molecule has 0 aliphatic heterocycles. The van der Waals surface area contributed by atoms with Gasteiger partial charge in [0.15, 0.2) is 0 Å². The van der Waals surface area contributed by atoms with E-state index < -0.39 is 0 Å². The van der Waals surface area contributed by atoms with Gasteiger partial charge in [-0.2, -0.15) is 5.26 Å². The predicted molar refractivity (Wildman–Crippen MR) is 93.6 cm³/mol. The second-order valence-electron chi connectivity index (χ2n) is 5.50. The molecule has 0 saturated heterocycles. The van der Waals surface area contributed by atoms with E-state index in [-0.39, 0.29) is 24.8 Å². The lowest BCUT2D eigenvalue weighted by Crippen LogP contribution is -2.32. The van der Waals surface area contributed by atoms with Crippen LogP contribution < -0.4 is 10.2 Å². The first-order chi connectivity index (χ1) is 11.5. The lowest BCUT2D eigenvalue weighted by Gasteiger charge is -2.21. The number of amides is 2. The maximum Gasteiger partial charge on any atom is 0.226 e. The van der Waals surface area contributed by atoms with E-state index in [0.717, 1.165) is 11.3 Å². The molecule has 24 heavy (non-hydrogen) atoms. The van der Waals surface area contributed by atoms with Crippen LogP contribution in [0.5, 0.6) is 0 Å². The minimum Gasteiger partial charge on any atom is -0.326 e. The van der Waals surface area contributed by atoms with Gasteiger partial charge in [-0.1, -0.05) is 18.2 Å². The molecule has 0 aliphatic carbocycles. The van der Waals surface area contributed by atoms with E-state index in [4.69, 9.17) is 5.26 Å². The summed E-state index contributed by atoms with van der Waals surface area (Å²) in [5.74, 6) is -0.336. The first-order valence-corrected chi connectivity index (χ1v) is 7.64. The summed E-state index contributed by atoms with van der Waals surface area (Å²) in [5, 5.41) is 11.8. The van der Waals surface area contributed by atoms with Crippen molar-refractivity contribution in [3.63, 3.8) is 0 Å². The van der Waals surface area contributed by atoms with Crippen molar-refractivity contribution in [1.82, 2.24) is 0 Å². The van der Waals surface area contributed by atoms with E-state index in [0.29, 0.717) is 11.3 Å². The number of carbonyl (C=O) groups excluding carboxylic acids is 2. The van der Waals surface area contributed by atoms with Crippen molar-refractivity contribution in [1.29, 1.82) is 5.26 Å². The van der Waals surface area contributed by atoms with Gasteiger partial charge in [0, 0.05) is 31.3 Å². The molecule has 0 saturated carbocycles. The molecule has 0 radical (unpaired) electrons. The number of benzene rings is 2. The number of carbonyl (C=O) groups is 2. The molecule has 0 fully saturated rings. The molecular formula is C19H19N3O2. The summed E-state index contributed by atoms with van der Waals surface area (Å²) in [6, 6.07) is 16.4. The number of hydrogen-bond donors (Lipinski definition) is 1. The van der Waals surface area contributed by atoms with Crippen molar-refractivity contribution in [3.05, 3.63) is 59.7 Å². The van der Waals surface area contributed by atoms with E-state index in [9.17, 15) is 9.59 Å². The average Bonchev–Trinajstić information content (AvgIpc) is 2.55. The molecule has 5 heteroatoms. The minimum absolute atomic E-state index is 0.164. The molecule has 5 nitrogen and oxygen atoms in total. The van der Waals surface area contributed by atoms with Gasteiger partial charge in [0.2, 0.25) is 11.8 Å². The Balaban J connectivity index is 2.02. The van der Waals surface area contributed by atoms with E-state index >= 15 is 0 Å². The van der Waals surface area contributed by atoms with Crippen LogP contribution in [-0.4, -0.2) is 18.4 Å². The summed E-state index contributed by atoms with van der Waals surface area (Å²) in [7, 11) is 0. The number of rotatable bonds is 5. The summed E-state index contributed by atoms with van der Waals surface area (Å²) >= 11 is 0. The SMILES string of the molecule is CC(=O)N(CCC(=O)Nc1cccc(C)c1)c1cccc(C#N)c1. The number of nitrogens with one attached hydrogen (secondary N) is 1. The highest BCUT2D eigenvalue weighted by molar-refractivity contribution is 5.94. The van der Waals surface area contributed by atoms with Crippen LogP contribution in [0.15, 0.2) is 48.5 Å². The molecule has 2 amide bonds. The van der Waals surface area contributed by atoms with Gasteiger partial charge in [0.05, 0.1) is 11.6 Å². The Kier molecular flexibility index (Phi) is 5.69. The molecule has 0 aromatic heterocycles. The standard InChI is InChI=1S/C19H19N3O2/c1-14-5-3-7-17(11-14)21-19(24)9-10-22(15(2)23)18-8-4-6-16(12-18)13-20/h3-8,11-12H,9-10H2,1-2H3,(H,21,24). The van der Waals surface area contributed by atoms with E-state index in [1.54, 1.807) is 24.3 Å². The van der Waals surface area contributed by atoms with Crippen LogP contribution in [0.4, 0.5) is 11.4 Å². The monoisotopic (exact) mass is 321 g/mol. The Hall–Kier alpha value is -3.13. The van der Waals surface area contributed by atoms with Gasteiger partial charge in [0.25, 0.3) is 0 Å². The Bertz CT molecular complexity index is 793. The average molecular weight is 321 g/mol. The van der Waals surface area contributed by atoms with Gasteiger partial charge in [-0.05, 0) is 42.8 Å². The van der Waals surface area contributed by atoms with Gasteiger partial charge >= 0.3 is 0 Å². The highest BCUT2D eigenvalue weighted by Gasteiger charge is 2.14. The first-order valence-electron chi connectivity index (χ1n) is 7.64. The lowest BCUT2D eigenvalue weighted by atomic mass is 10.2. The first kappa shape index (κ1) is 17.2. The zero-order valence-electron chi connectivity index (χ0n) is 13.7. The molecular weight excluding hydrogens is 302 g/mol. The summed E-state index contributed by atoms with van der Waals surface area (Å²) in [6.07, 6.45) is 0.171. The van der Waals surface area contributed by atoms with Crippen LogP contribution >= 0.6 is 0 Å². The maximum absolute atomic E-state index is 12.1. The third-order valence-electron chi connectivity index (χ3n) is 3.53. The third kappa shape index (κ3) is 4.68. The van der Waals surface area contributed by atoms with Crippen LogP contribution in [0, 0.1) is 18.3 Å². The van der Waals surface area contributed by atoms with Crippen molar-refractivity contribution in [3.8, 4) is 6.07 Å². The third-order valence-corrected chi connectivity index (χ3v) is 3.53. The van der Waals surface area contributed by atoms with Gasteiger partial charge in [-0.25, -0.2) is 0 Å². The van der Waals surface area contributed by atoms with Crippen molar-refractivity contribution in [2.75, 3.05) is 16.8 Å². The van der Waals surface area contributed by atoms with Crippen LogP contribution in [0.2, 0.25) is 0 Å². The fourth-order valence-electron chi connectivity index (χ4n) is 2.37. The van der Waals surface area contributed by atoms with Crippen LogP contribution in [0.1, 0.15) is 24.5 Å². The second-order valence-corrected chi connectivity index (χ2v) is 5.50. The Morgan fingerprint density at radius 1 is 1.17 bits per heavy atom. The molecule has 0 bridgehead atoms. The minimum atomic E-state index is -0.173. The number of nitrogens with zero attached hydrogens (tertiary/aromatic N) is 2. The fraction of sp³-hybridized carbons (Fsp3) is 0.211. The lowest BCUT2D eigenvalue weighted by molar-refractivity contribution is -0.117. The van der Waals surface area contributed by atoms with Crippen molar-refractivity contribution >= 4 is 23.2 Å². The fourth-order valence-corrected chi connectivity index (χ4v) is 2.37. The summed E-state index contributed by atoms with van der Waals surface area (Å²) in [5.41, 5.74) is 2.89. The summed E-state index contributed by atoms with van der Waals surface area (Å²) in [4.78, 5) is 25.5. The number of anilines is 2. The zero-order valence-corrected chi connectivity index (χ0v) is 13.7. The van der Waals surface area contributed by atoms with Gasteiger partial charge < -0.3 is 10.2 Å². The van der Waals surface area contributed by atoms with Crippen LogP contribution in [0.3, 0.4) is 0 Å². The molecule has 1 N–H and O–H groups in total. The van der Waals surface area contributed by atoms with Crippen molar-refractivity contribution in [2.45, 2.75) is 20.3 Å². The molecule has 2 aromatic carbocycles. The quantitative estimate of drug-likeness (QED) is 0.918. The highest BCUT2D eigenvalue weighted by atomic mass is 16.2. The van der Waals surface area contributed by atoms with E-state index in [1.165, 1.54) is 11.8 Å². The molecule has 0 heterocycles. The Morgan fingerprint density at radius 3 is 2.58 bits per heavy atom.